The number of morpholine rings is 1. The molecule has 0 radical (unpaired) electrons. The average Bonchev–Trinajstić information content (AvgIpc) is 2.47. The zero-order valence-corrected chi connectivity index (χ0v) is 13.3. The Morgan fingerprint density at radius 1 is 1.10 bits per heavy atom. The average molecular weight is 320 g/mol. The van der Waals surface area contributed by atoms with Crippen molar-refractivity contribution in [3.8, 4) is 0 Å². The predicted molar refractivity (Wildman–Crippen MR) is 78.6 cm³/mol. The highest BCUT2D eigenvalue weighted by atomic mass is 32.2. The fourth-order valence-corrected chi connectivity index (χ4v) is 3.31. The molecule has 2 amide bonds. The second-order valence-electron chi connectivity index (χ2n) is 5.34. The number of hydrogen-bond donors (Lipinski definition) is 1. The summed E-state index contributed by atoms with van der Waals surface area (Å²) in [5.41, 5.74) is 0. The van der Waals surface area contributed by atoms with Gasteiger partial charge in [0.1, 0.15) is 0 Å². The van der Waals surface area contributed by atoms with E-state index in [1.807, 2.05) is 0 Å². The van der Waals surface area contributed by atoms with Crippen LogP contribution in [0.4, 0.5) is 4.79 Å². The van der Waals surface area contributed by atoms with E-state index in [9.17, 15) is 13.2 Å². The zero-order valence-electron chi connectivity index (χ0n) is 12.5. The molecule has 2 aliphatic heterocycles. The maximum atomic E-state index is 11.9. The highest BCUT2D eigenvalue weighted by molar-refractivity contribution is 7.88. The Balaban J connectivity index is 1.62. The third kappa shape index (κ3) is 5.10. The molecule has 0 spiro atoms. The summed E-state index contributed by atoms with van der Waals surface area (Å²) in [5.74, 6) is 0. The van der Waals surface area contributed by atoms with Gasteiger partial charge in [0, 0.05) is 52.4 Å². The maximum Gasteiger partial charge on any atom is 0.317 e. The molecule has 21 heavy (non-hydrogen) atoms. The van der Waals surface area contributed by atoms with E-state index in [1.165, 1.54) is 10.6 Å². The van der Waals surface area contributed by atoms with Crippen LogP contribution in [0.15, 0.2) is 0 Å². The van der Waals surface area contributed by atoms with Crippen molar-refractivity contribution in [2.45, 2.75) is 0 Å². The molecule has 2 aliphatic rings. The van der Waals surface area contributed by atoms with Gasteiger partial charge in [-0.2, -0.15) is 4.31 Å². The third-order valence-corrected chi connectivity index (χ3v) is 5.11. The summed E-state index contributed by atoms with van der Waals surface area (Å²) in [5, 5.41) is 2.90. The second kappa shape index (κ2) is 7.39. The van der Waals surface area contributed by atoms with E-state index in [0.29, 0.717) is 59.0 Å². The van der Waals surface area contributed by atoms with Gasteiger partial charge >= 0.3 is 6.03 Å². The first kappa shape index (κ1) is 16.5. The van der Waals surface area contributed by atoms with E-state index in [1.54, 1.807) is 4.90 Å². The lowest BCUT2D eigenvalue weighted by atomic mass is 10.3. The van der Waals surface area contributed by atoms with Crippen molar-refractivity contribution < 1.29 is 17.9 Å². The fraction of sp³-hybridized carbons (Fsp3) is 0.917. The van der Waals surface area contributed by atoms with Gasteiger partial charge in [0.15, 0.2) is 0 Å². The number of sulfonamides is 1. The molecule has 0 saturated carbocycles. The van der Waals surface area contributed by atoms with E-state index in [4.69, 9.17) is 4.74 Å². The van der Waals surface area contributed by atoms with Crippen molar-refractivity contribution in [3.05, 3.63) is 0 Å². The van der Waals surface area contributed by atoms with Crippen molar-refractivity contribution in [3.63, 3.8) is 0 Å². The first-order chi connectivity index (χ1) is 9.97. The van der Waals surface area contributed by atoms with Crippen LogP contribution in [0.5, 0.6) is 0 Å². The molecule has 122 valence electrons. The number of ether oxygens (including phenoxy) is 1. The van der Waals surface area contributed by atoms with E-state index in [2.05, 4.69) is 10.2 Å². The summed E-state index contributed by atoms with van der Waals surface area (Å²) in [6, 6.07) is -0.0481. The SMILES string of the molecule is CS(=O)(=O)N1CCN(CCNC(=O)N2CCOCC2)CC1. The minimum absolute atomic E-state index is 0.0481. The monoisotopic (exact) mass is 320 g/mol. The van der Waals surface area contributed by atoms with Gasteiger partial charge in [-0.25, -0.2) is 13.2 Å². The van der Waals surface area contributed by atoms with Crippen LogP contribution in [0.3, 0.4) is 0 Å². The highest BCUT2D eigenvalue weighted by Gasteiger charge is 2.23. The smallest absolute Gasteiger partial charge is 0.317 e. The van der Waals surface area contributed by atoms with Crippen molar-refractivity contribution in [2.24, 2.45) is 0 Å². The van der Waals surface area contributed by atoms with Crippen LogP contribution in [0.1, 0.15) is 0 Å². The lowest BCUT2D eigenvalue weighted by Crippen LogP contribution is -2.51. The Hall–Kier alpha value is -0.900. The second-order valence-corrected chi connectivity index (χ2v) is 7.32. The highest BCUT2D eigenvalue weighted by Crippen LogP contribution is 2.05. The van der Waals surface area contributed by atoms with Crippen molar-refractivity contribution in [1.82, 2.24) is 19.4 Å². The van der Waals surface area contributed by atoms with Crippen LogP contribution in [0, 0.1) is 0 Å². The van der Waals surface area contributed by atoms with Crippen LogP contribution >= 0.6 is 0 Å². The molecule has 0 aromatic carbocycles. The van der Waals surface area contributed by atoms with E-state index in [-0.39, 0.29) is 6.03 Å². The standard InChI is InChI=1S/C12H24N4O4S/c1-21(18,19)16-6-4-14(5-7-16)3-2-13-12(17)15-8-10-20-11-9-15/h2-11H2,1H3,(H,13,17). The molecule has 8 nitrogen and oxygen atoms in total. The van der Waals surface area contributed by atoms with Gasteiger partial charge in [0.25, 0.3) is 0 Å². The van der Waals surface area contributed by atoms with E-state index < -0.39 is 10.0 Å². The van der Waals surface area contributed by atoms with Crippen LogP contribution in [0.25, 0.3) is 0 Å². The Labute approximate surface area is 126 Å². The van der Waals surface area contributed by atoms with Gasteiger partial charge in [-0.1, -0.05) is 0 Å². The molecular weight excluding hydrogens is 296 g/mol. The summed E-state index contributed by atoms with van der Waals surface area (Å²) < 4.78 is 29.5. The van der Waals surface area contributed by atoms with Gasteiger partial charge in [-0.05, 0) is 0 Å². The van der Waals surface area contributed by atoms with Gasteiger partial charge in [-0.15, -0.1) is 0 Å². The number of nitrogens with one attached hydrogen (secondary N) is 1. The maximum absolute atomic E-state index is 11.9. The van der Waals surface area contributed by atoms with Gasteiger partial charge in [0.2, 0.25) is 10.0 Å². The van der Waals surface area contributed by atoms with Crippen molar-refractivity contribution in [2.75, 3.05) is 71.8 Å². The largest absolute Gasteiger partial charge is 0.378 e. The number of urea groups is 1. The topological polar surface area (TPSA) is 82.2 Å². The van der Waals surface area contributed by atoms with Gasteiger partial charge in [0.05, 0.1) is 19.5 Å². The summed E-state index contributed by atoms with van der Waals surface area (Å²) in [7, 11) is -3.08. The molecule has 9 heteroatoms. The summed E-state index contributed by atoms with van der Waals surface area (Å²) in [4.78, 5) is 15.8. The predicted octanol–water partition coefficient (Wildman–Crippen LogP) is -1.39. The van der Waals surface area contributed by atoms with Crippen LogP contribution in [-0.2, 0) is 14.8 Å². The molecule has 0 unspecified atom stereocenters. The van der Waals surface area contributed by atoms with E-state index >= 15 is 0 Å². The summed E-state index contributed by atoms with van der Waals surface area (Å²) in [6.07, 6.45) is 1.24. The molecule has 0 aliphatic carbocycles. The Kier molecular flexibility index (Phi) is 5.80. The lowest BCUT2D eigenvalue weighted by molar-refractivity contribution is 0.0530. The number of piperazine rings is 1. The Morgan fingerprint density at radius 2 is 1.71 bits per heavy atom. The van der Waals surface area contributed by atoms with Gasteiger partial charge in [-0.3, -0.25) is 4.90 Å². The quantitative estimate of drug-likeness (QED) is 0.689. The summed E-state index contributed by atoms with van der Waals surface area (Å²) >= 11 is 0. The minimum Gasteiger partial charge on any atom is -0.378 e. The third-order valence-electron chi connectivity index (χ3n) is 3.80. The molecule has 2 fully saturated rings. The normalized spacial score (nSPS) is 22.2. The summed E-state index contributed by atoms with van der Waals surface area (Å²) in [6.45, 7) is 6.26. The molecule has 2 rings (SSSR count). The van der Waals surface area contributed by atoms with E-state index in [0.717, 1.165) is 6.54 Å². The number of amides is 2. The Morgan fingerprint density at radius 3 is 2.29 bits per heavy atom. The lowest BCUT2D eigenvalue weighted by Gasteiger charge is -2.33. The Bertz CT molecular complexity index is 442. The number of carbonyl (C=O) groups excluding carboxylic acids is 1. The number of hydrogen-bond acceptors (Lipinski definition) is 5. The fourth-order valence-electron chi connectivity index (χ4n) is 2.48. The molecule has 2 saturated heterocycles. The van der Waals surface area contributed by atoms with Crippen LogP contribution in [0.2, 0.25) is 0 Å². The molecule has 2 heterocycles. The first-order valence-corrected chi connectivity index (χ1v) is 9.09. The van der Waals surface area contributed by atoms with Gasteiger partial charge < -0.3 is 15.0 Å². The van der Waals surface area contributed by atoms with Crippen molar-refractivity contribution >= 4 is 16.1 Å². The molecule has 0 aromatic rings. The van der Waals surface area contributed by atoms with Crippen molar-refractivity contribution in [1.29, 1.82) is 0 Å². The minimum atomic E-state index is -3.08. The number of nitrogens with zero attached hydrogens (tertiary/aromatic N) is 3. The molecule has 0 bridgehead atoms. The first-order valence-electron chi connectivity index (χ1n) is 7.25. The number of rotatable bonds is 4. The molecular formula is C12H24N4O4S. The molecule has 1 N–H and O–H groups in total. The van der Waals surface area contributed by atoms with Crippen LogP contribution < -0.4 is 5.32 Å². The molecule has 0 aromatic heterocycles. The zero-order chi connectivity index (χ0) is 15.3. The number of carbonyl (C=O) groups is 1. The molecule has 0 atom stereocenters. The van der Waals surface area contributed by atoms with Crippen LogP contribution in [-0.4, -0.2) is 100 Å².